The lowest BCUT2D eigenvalue weighted by Crippen LogP contribution is -2.37. The van der Waals surface area contributed by atoms with Crippen molar-refractivity contribution in [3.05, 3.63) is 10.4 Å². The molecule has 0 unspecified atom stereocenters. The molecule has 0 rings (SSSR count). The standard InChI is InChI=1S/C33H62N4O17/c34-36-35-4-10-46-16-22-52-28-25-49-19-13-43-7-1-31(38)37(5-11-47-17-23-53-29-26-50-20-14-44-8-2-32(39)40)6-12-48-18-24-54-30-27-51-21-15-45-9-3-33(41)42/h1-30H2,(H,39,40)(H,41,42). The zero-order chi connectivity index (χ0) is 39.4. The van der Waals surface area contributed by atoms with Gasteiger partial charge in [0.05, 0.1) is 178 Å². The molecule has 0 saturated carbocycles. The molecule has 0 bridgehead atoms. The van der Waals surface area contributed by atoms with E-state index in [-0.39, 0.29) is 51.5 Å². The van der Waals surface area contributed by atoms with E-state index in [4.69, 9.17) is 72.6 Å². The Hall–Kier alpha value is -2.76. The van der Waals surface area contributed by atoms with Crippen molar-refractivity contribution in [3.8, 4) is 0 Å². The Balaban J connectivity index is 4.11. The van der Waals surface area contributed by atoms with Gasteiger partial charge in [-0.05, 0) is 5.53 Å². The fourth-order valence-electron chi connectivity index (χ4n) is 3.78. The van der Waals surface area contributed by atoms with E-state index >= 15 is 0 Å². The number of azide groups is 1. The molecule has 1 amide bonds. The predicted octanol–water partition coefficient (Wildman–Crippen LogP) is 0.664. The smallest absolute Gasteiger partial charge is 0.305 e. The number of ether oxygens (including phenoxy) is 12. The van der Waals surface area contributed by atoms with Gasteiger partial charge in [-0.15, -0.1) is 0 Å². The SMILES string of the molecule is [N-]=[N+]=NCCOCCOCCOCCOCCC(=O)N(CCOCCOCCOCCOCCC(=O)O)CCOCCOCCOCCOCCC(=O)O. The van der Waals surface area contributed by atoms with E-state index in [9.17, 15) is 14.4 Å². The molecule has 0 aliphatic carbocycles. The summed E-state index contributed by atoms with van der Waals surface area (Å²) in [6.07, 6.45) is 0.102. The van der Waals surface area contributed by atoms with Crippen molar-refractivity contribution in [3.63, 3.8) is 0 Å². The van der Waals surface area contributed by atoms with Gasteiger partial charge in [-0.2, -0.15) is 0 Å². The third-order valence-electron chi connectivity index (χ3n) is 6.49. The van der Waals surface area contributed by atoms with E-state index in [0.29, 0.717) is 152 Å². The molecule has 0 aromatic carbocycles. The van der Waals surface area contributed by atoms with Crippen LogP contribution in [0.1, 0.15) is 19.3 Å². The molecule has 0 fully saturated rings. The molecule has 0 aliphatic heterocycles. The van der Waals surface area contributed by atoms with Crippen LogP contribution >= 0.6 is 0 Å². The summed E-state index contributed by atoms with van der Waals surface area (Å²) in [7, 11) is 0. The summed E-state index contributed by atoms with van der Waals surface area (Å²) in [5, 5.41) is 20.5. The summed E-state index contributed by atoms with van der Waals surface area (Å²) in [4.78, 5) is 38.1. The molecule has 21 heteroatoms. The van der Waals surface area contributed by atoms with Crippen LogP contribution < -0.4 is 0 Å². The Labute approximate surface area is 317 Å². The highest BCUT2D eigenvalue weighted by Gasteiger charge is 2.13. The second kappa shape index (κ2) is 43.0. The Morgan fingerprint density at radius 3 is 0.963 bits per heavy atom. The average Bonchev–Trinajstić information content (AvgIpc) is 3.15. The number of hydrogen-bond acceptors (Lipinski definition) is 16. The van der Waals surface area contributed by atoms with Crippen molar-refractivity contribution in [1.82, 2.24) is 4.90 Å². The first-order valence-corrected chi connectivity index (χ1v) is 18.1. The quantitative estimate of drug-likeness (QED) is 0.0372. The van der Waals surface area contributed by atoms with Crippen LogP contribution in [0.4, 0.5) is 0 Å². The lowest BCUT2D eigenvalue weighted by Gasteiger charge is -2.23. The third-order valence-corrected chi connectivity index (χ3v) is 6.49. The van der Waals surface area contributed by atoms with E-state index in [1.54, 1.807) is 4.90 Å². The number of hydrogen-bond donors (Lipinski definition) is 2. The van der Waals surface area contributed by atoms with Crippen LogP contribution in [0.2, 0.25) is 0 Å². The first-order valence-electron chi connectivity index (χ1n) is 18.1. The van der Waals surface area contributed by atoms with E-state index in [1.807, 2.05) is 0 Å². The topological polar surface area (TPSA) is 254 Å². The molecule has 316 valence electrons. The molecule has 21 nitrogen and oxygen atoms in total. The van der Waals surface area contributed by atoms with Gasteiger partial charge in [-0.3, -0.25) is 14.4 Å². The molecule has 0 aromatic heterocycles. The predicted molar refractivity (Wildman–Crippen MR) is 190 cm³/mol. The average molecular weight is 787 g/mol. The summed E-state index contributed by atoms with van der Waals surface area (Å²) in [6.45, 7) is 9.05. The van der Waals surface area contributed by atoms with Gasteiger partial charge in [0.2, 0.25) is 5.91 Å². The van der Waals surface area contributed by atoms with Crippen molar-refractivity contribution >= 4 is 17.8 Å². The first-order chi connectivity index (χ1) is 26.5. The lowest BCUT2D eigenvalue weighted by atomic mass is 10.3. The Morgan fingerprint density at radius 1 is 0.407 bits per heavy atom. The second-order valence-electron chi connectivity index (χ2n) is 10.7. The van der Waals surface area contributed by atoms with Gasteiger partial charge in [-0.1, -0.05) is 5.11 Å². The van der Waals surface area contributed by atoms with E-state index < -0.39 is 11.9 Å². The van der Waals surface area contributed by atoms with Gasteiger partial charge in [0.15, 0.2) is 0 Å². The Bertz CT molecular complexity index is 876. The normalized spacial score (nSPS) is 11.1. The molecule has 0 aromatic rings. The summed E-state index contributed by atoms with van der Waals surface area (Å²) >= 11 is 0. The number of aliphatic carboxylic acids is 2. The van der Waals surface area contributed by atoms with Gasteiger partial charge in [0.25, 0.3) is 0 Å². The minimum Gasteiger partial charge on any atom is -0.481 e. The number of carboxylic acids is 2. The highest BCUT2D eigenvalue weighted by atomic mass is 16.6. The maximum atomic E-state index is 12.9. The number of amides is 1. The second-order valence-corrected chi connectivity index (χ2v) is 10.7. The lowest BCUT2D eigenvalue weighted by molar-refractivity contribution is -0.139. The summed E-state index contributed by atoms with van der Waals surface area (Å²) in [6, 6.07) is 0. The van der Waals surface area contributed by atoms with Crippen molar-refractivity contribution in [1.29, 1.82) is 0 Å². The molecule has 0 spiro atoms. The van der Waals surface area contributed by atoms with Crippen molar-refractivity contribution in [2.24, 2.45) is 5.11 Å². The highest BCUT2D eigenvalue weighted by Crippen LogP contribution is 1.98. The molecule has 0 saturated heterocycles. The van der Waals surface area contributed by atoms with Crippen LogP contribution in [0.3, 0.4) is 0 Å². The van der Waals surface area contributed by atoms with Crippen LogP contribution in [0.15, 0.2) is 5.11 Å². The van der Waals surface area contributed by atoms with Gasteiger partial charge in [0.1, 0.15) is 0 Å². The summed E-state index contributed by atoms with van der Waals surface area (Å²) in [5.74, 6) is -1.91. The van der Waals surface area contributed by atoms with Crippen LogP contribution in [-0.4, -0.2) is 211 Å². The molecular formula is C33H62N4O17. The minimum atomic E-state index is -0.905. The first kappa shape index (κ1) is 51.2. The number of carbonyl (C=O) groups excluding carboxylic acids is 1. The van der Waals surface area contributed by atoms with Gasteiger partial charge in [-0.25, -0.2) is 0 Å². The zero-order valence-electron chi connectivity index (χ0n) is 31.5. The molecule has 0 aliphatic rings. The van der Waals surface area contributed by atoms with Gasteiger partial charge in [0, 0.05) is 24.5 Å². The summed E-state index contributed by atoms with van der Waals surface area (Å²) in [5.41, 5.74) is 8.20. The number of rotatable bonds is 45. The van der Waals surface area contributed by atoms with Crippen LogP contribution in [0.25, 0.3) is 10.4 Å². The number of nitrogens with zero attached hydrogens (tertiary/aromatic N) is 4. The van der Waals surface area contributed by atoms with Crippen LogP contribution in [0.5, 0.6) is 0 Å². The molecular weight excluding hydrogens is 724 g/mol. The van der Waals surface area contributed by atoms with Gasteiger partial charge < -0.3 is 72.0 Å². The van der Waals surface area contributed by atoms with Gasteiger partial charge >= 0.3 is 11.9 Å². The van der Waals surface area contributed by atoms with Crippen LogP contribution in [0, 0.1) is 0 Å². The monoisotopic (exact) mass is 786 g/mol. The summed E-state index contributed by atoms with van der Waals surface area (Å²) < 4.78 is 64.9. The number of carboxylic acid groups (broad SMARTS) is 2. The number of carbonyl (C=O) groups is 3. The maximum Gasteiger partial charge on any atom is 0.305 e. The van der Waals surface area contributed by atoms with E-state index in [1.165, 1.54) is 0 Å². The molecule has 0 radical (unpaired) electrons. The largest absolute Gasteiger partial charge is 0.481 e. The minimum absolute atomic E-state index is 0.0411. The third kappa shape index (κ3) is 42.0. The van der Waals surface area contributed by atoms with E-state index in [2.05, 4.69) is 10.0 Å². The van der Waals surface area contributed by atoms with E-state index in [0.717, 1.165) is 0 Å². The maximum absolute atomic E-state index is 12.9. The van der Waals surface area contributed by atoms with Crippen molar-refractivity contribution < 1.29 is 81.4 Å². The molecule has 54 heavy (non-hydrogen) atoms. The highest BCUT2D eigenvalue weighted by molar-refractivity contribution is 5.76. The van der Waals surface area contributed by atoms with Crippen molar-refractivity contribution in [2.75, 3.05) is 178 Å². The van der Waals surface area contributed by atoms with Crippen LogP contribution in [-0.2, 0) is 71.2 Å². The fourth-order valence-corrected chi connectivity index (χ4v) is 3.78. The molecule has 0 heterocycles. The molecule has 2 N–H and O–H groups in total. The Kier molecular flexibility index (Phi) is 40.8. The fraction of sp³-hybridized carbons (Fsp3) is 0.909. The zero-order valence-corrected chi connectivity index (χ0v) is 31.5. The Morgan fingerprint density at radius 2 is 0.667 bits per heavy atom. The molecule has 0 atom stereocenters. The van der Waals surface area contributed by atoms with Crippen molar-refractivity contribution in [2.45, 2.75) is 19.3 Å².